The summed E-state index contributed by atoms with van der Waals surface area (Å²) in [6, 6.07) is 19.4. The summed E-state index contributed by atoms with van der Waals surface area (Å²) in [6.07, 6.45) is 7.00. The van der Waals surface area contributed by atoms with Crippen molar-refractivity contribution in [2.24, 2.45) is 0 Å². The molecule has 1 radical (unpaired) electrons. The number of benzene rings is 2. The summed E-state index contributed by atoms with van der Waals surface area (Å²) in [6.45, 7) is 2.20. The standard InChI is InChI=1S/C22H26ClO/c1-2-3-4-5-9-12-22(24)21(23)17-18-13-15-20(16-14-18)19-10-7-6-8-11-19/h6-8,10,13-16,21H,2-5,9,12,17H2,1H3. The second kappa shape index (κ2) is 10.3. The molecule has 0 fully saturated rings. The molecule has 0 heterocycles. The van der Waals surface area contributed by atoms with E-state index >= 15 is 0 Å². The average Bonchev–Trinajstić information content (AvgIpc) is 2.62. The molecule has 0 N–H and O–H groups in total. The minimum absolute atomic E-state index is 0.175. The second-order valence-corrected chi connectivity index (χ2v) is 6.80. The van der Waals surface area contributed by atoms with E-state index < -0.39 is 5.38 Å². The molecule has 2 rings (SSSR count). The fourth-order valence-electron chi connectivity index (χ4n) is 2.77. The zero-order valence-corrected chi connectivity index (χ0v) is 15.2. The van der Waals surface area contributed by atoms with Crippen molar-refractivity contribution in [2.75, 3.05) is 0 Å². The molecule has 0 aliphatic rings. The average molecular weight is 342 g/mol. The molecular formula is C22H26ClO. The second-order valence-electron chi connectivity index (χ2n) is 6.28. The Bertz CT molecular complexity index is 604. The van der Waals surface area contributed by atoms with E-state index in [9.17, 15) is 4.79 Å². The molecule has 2 aromatic carbocycles. The molecule has 1 unspecified atom stereocenters. The number of rotatable bonds is 10. The molecule has 0 saturated heterocycles. The van der Waals surface area contributed by atoms with Crippen molar-refractivity contribution in [3.05, 3.63) is 60.2 Å². The molecule has 1 atom stereocenters. The quantitative estimate of drug-likeness (QED) is 0.369. The van der Waals surface area contributed by atoms with Crippen LogP contribution in [0.1, 0.15) is 51.0 Å². The van der Waals surface area contributed by atoms with E-state index in [1.807, 2.05) is 24.3 Å². The molecule has 0 aliphatic carbocycles. The lowest BCUT2D eigenvalue weighted by molar-refractivity contribution is -0.118. The predicted octanol–water partition coefficient (Wildman–Crippen LogP) is 6.23. The third kappa shape index (κ3) is 6.13. The predicted molar refractivity (Wildman–Crippen MR) is 102 cm³/mol. The molecule has 1 nitrogen and oxygen atoms in total. The van der Waals surface area contributed by atoms with Gasteiger partial charge >= 0.3 is 0 Å². The zero-order chi connectivity index (χ0) is 17.2. The van der Waals surface area contributed by atoms with Crippen molar-refractivity contribution in [1.82, 2.24) is 0 Å². The van der Waals surface area contributed by atoms with Crippen LogP contribution < -0.4 is 0 Å². The highest BCUT2D eigenvalue weighted by atomic mass is 35.5. The molecule has 24 heavy (non-hydrogen) atoms. The summed E-state index contributed by atoms with van der Waals surface area (Å²) in [5, 5.41) is -0.412. The highest BCUT2D eigenvalue weighted by Gasteiger charge is 2.15. The first kappa shape index (κ1) is 18.7. The first-order valence-electron chi connectivity index (χ1n) is 8.93. The van der Waals surface area contributed by atoms with E-state index in [1.165, 1.54) is 19.3 Å². The Balaban J connectivity index is 1.81. The van der Waals surface area contributed by atoms with E-state index in [1.54, 1.807) is 0 Å². The molecule has 0 spiro atoms. The van der Waals surface area contributed by atoms with E-state index in [4.69, 9.17) is 11.6 Å². The minimum atomic E-state index is -0.412. The van der Waals surface area contributed by atoms with Crippen LogP contribution in [-0.2, 0) is 11.2 Å². The van der Waals surface area contributed by atoms with Gasteiger partial charge in [0.2, 0.25) is 0 Å². The number of hydrogen-bond acceptors (Lipinski definition) is 1. The maximum absolute atomic E-state index is 12.1. The van der Waals surface area contributed by atoms with Gasteiger partial charge in [-0.05, 0) is 35.6 Å². The van der Waals surface area contributed by atoms with Crippen molar-refractivity contribution in [1.29, 1.82) is 0 Å². The first-order chi connectivity index (χ1) is 11.7. The van der Waals surface area contributed by atoms with Crippen molar-refractivity contribution < 1.29 is 4.79 Å². The number of alkyl halides is 1. The van der Waals surface area contributed by atoms with Gasteiger partial charge in [0.25, 0.3) is 0 Å². The van der Waals surface area contributed by atoms with Crippen LogP contribution in [0.4, 0.5) is 0 Å². The Morgan fingerprint density at radius 3 is 2.46 bits per heavy atom. The number of hydrogen-bond donors (Lipinski definition) is 0. The summed E-state index contributed by atoms with van der Waals surface area (Å²) in [5.74, 6) is 0.175. The molecule has 0 saturated carbocycles. The fraction of sp³-hybridized carbons (Fsp3) is 0.409. The van der Waals surface area contributed by atoms with Gasteiger partial charge in [-0.1, -0.05) is 81.1 Å². The molecule has 2 aromatic rings. The van der Waals surface area contributed by atoms with Crippen LogP contribution in [0.15, 0.2) is 48.5 Å². The van der Waals surface area contributed by atoms with Crippen LogP contribution in [0.25, 0.3) is 11.1 Å². The van der Waals surface area contributed by atoms with Gasteiger partial charge in [0, 0.05) is 6.42 Å². The van der Waals surface area contributed by atoms with Gasteiger partial charge in [-0.15, -0.1) is 11.6 Å². The van der Waals surface area contributed by atoms with E-state index in [0.717, 1.165) is 29.5 Å². The number of carbonyl (C=O) groups is 1. The Morgan fingerprint density at radius 2 is 1.79 bits per heavy atom. The lowest BCUT2D eigenvalue weighted by Gasteiger charge is -2.09. The molecule has 0 aliphatic heterocycles. The van der Waals surface area contributed by atoms with Crippen LogP contribution in [-0.4, -0.2) is 11.2 Å². The molecular weight excluding hydrogens is 316 g/mol. The van der Waals surface area contributed by atoms with Crippen LogP contribution in [0.2, 0.25) is 0 Å². The summed E-state index contributed by atoms with van der Waals surface area (Å²) in [7, 11) is 0. The van der Waals surface area contributed by atoms with Crippen molar-refractivity contribution in [3.63, 3.8) is 0 Å². The number of Topliss-reactive ketones (excluding diaryl/α,β-unsaturated/α-hetero) is 1. The minimum Gasteiger partial charge on any atom is -0.298 e. The van der Waals surface area contributed by atoms with Gasteiger partial charge in [0.1, 0.15) is 0 Å². The third-order valence-electron chi connectivity index (χ3n) is 4.27. The monoisotopic (exact) mass is 341 g/mol. The fourth-order valence-corrected chi connectivity index (χ4v) is 3.06. The maximum atomic E-state index is 12.1. The van der Waals surface area contributed by atoms with Gasteiger partial charge in [0.15, 0.2) is 5.78 Å². The third-order valence-corrected chi connectivity index (χ3v) is 4.66. The van der Waals surface area contributed by atoms with E-state index in [0.29, 0.717) is 12.8 Å². The summed E-state index contributed by atoms with van der Waals surface area (Å²) in [5.41, 5.74) is 3.32. The van der Waals surface area contributed by atoms with Gasteiger partial charge in [0.05, 0.1) is 5.38 Å². The van der Waals surface area contributed by atoms with Crippen LogP contribution in [0.3, 0.4) is 0 Å². The van der Waals surface area contributed by atoms with Crippen LogP contribution in [0.5, 0.6) is 0 Å². The van der Waals surface area contributed by atoms with Gasteiger partial charge in [-0.2, -0.15) is 0 Å². The maximum Gasteiger partial charge on any atom is 0.151 e. The first-order valence-corrected chi connectivity index (χ1v) is 9.37. The largest absolute Gasteiger partial charge is 0.298 e. The summed E-state index contributed by atoms with van der Waals surface area (Å²) in [4.78, 5) is 12.1. The topological polar surface area (TPSA) is 17.1 Å². The molecule has 2 heteroatoms. The molecule has 0 aromatic heterocycles. The van der Waals surface area contributed by atoms with Crippen molar-refractivity contribution in [2.45, 2.75) is 57.2 Å². The van der Waals surface area contributed by atoms with Crippen LogP contribution in [0, 0.1) is 6.07 Å². The Morgan fingerprint density at radius 1 is 1.04 bits per heavy atom. The lowest BCUT2D eigenvalue weighted by atomic mass is 10.00. The van der Waals surface area contributed by atoms with Crippen molar-refractivity contribution in [3.8, 4) is 11.1 Å². The smallest absolute Gasteiger partial charge is 0.151 e. The van der Waals surface area contributed by atoms with E-state index in [2.05, 4.69) is 37.3 Å². The number of ketones is 1. The Hall–Kier alpha value is -1.60. The number of unbranched alkanes of at least 4 members (excludes halogenated alkanes) is 4. The summed E-state index contributed by atoms with van der Waals surface area (Å²) >= 11 is 6.31. The number of carbonyl (C=O) groups excluding carboxylic acids is 1. The normalized spacial score (nSPS) is 12.1. The molecule has 0 bridgehead atoms. The van der Waals surface area contributed by atoms with Gasteiger partial charge < -0.3 is 0 Å². The van der Waals surface area contributed by atoms with Gasteiger partial charge in [-0.25, -0.2) is 0 Å². The Labute approximate surface area is 151 Å². The molecule has 127 valence electrons. The Kier molecular flexibility index (Phi) is 8.04. The van der Waals surface area contributed by atoms with E-state index in [-0.39, 0.29) is 5.78 Å². The SMILES string of the molecule is CCCCCCCC(=O)C(Cl)Cc1ccc(-c2[c]cccc2)cc1. The van der Waals surface area contributed by atoms with Crippen LogP contribution >= 0.6 is 11.6 Å². The van der Waals surface area contributed by atoms with Crippen molar-refractivity contribution >= 4 is 17.4 Å². The molecule has 0 amide bonds. The number of halogens is 1. The lowest BCUT2D eigenvalue weighted by Crippen LogP contribution is -2.17. The highest BCUT2D eigenvalue weighted by Crippen LogP contribution is 2.20. The van der Waals surface area contributed by atoms with Gasteiger partial charge in [-0.3, -0.25) is 4.79 Å². The highest BCUT2D eigenvalue weighted by molar-refractivity contribution is 6.31. The summed E-state index contributed by atoms with van der Waals surface area (Å²) < 4.78 is 0. The zero-order valence-electron chi connectivity index (χ0n) is 14.4.